The largest absolute Gasteiger partial charge is 0.355 e. The third-order valence-corrected chi connectivity index (χ3v) is 4.99. The second kappa shape index (κ2) is 7.11. The average Bonchev–Trinajstić information content (AvgIpc) is 3.18. The van der Waals surface area contributed by atoms with Crippen molar-refractivity contribution in [1.29, 1.82) is 0 Å². The molecule has 4 rings (SSSR count). The first-order valence-electron chi connectivity index (χ1n) is 8.98. The average molecular weight is 324 g/mol. The number of nitrogens with zero attached hydrogens (tertiary/aromatic N) is 6. The summed E-state index contributed by atoms with van der Waals surface area (Å²) in [6.07, 6.45) is 9.56. The van der Waals surface area contributed by atoms with E-state index >= 15 is 0 Å². The van der Waals surface area contributed by atoms with Crippen molar-refractivity contribution >= 4 is 11.8 Å². The summed E-state index contributed by atoms with van der Waals surface area (Å²) in [5.74, 6) is 2.46. The van der Waals surface area contributed by atoms with Crippen LogP contribution in [0.3, 0.4) is 0 Å². The van der Waals surface area contributed by atoms with Gasteiger partial charge in [-0.25, -0.2) is 9.97 Å². The summed E-state index contributed by atoms with van der Waals surface area (Å²) in [7, 11) is 0. The topological polar surface area (TPSA) is 58.0 Å². The quantitative estimate of drug-likeness (QED) is 0.860. The Hall–Kier alpha value is -2.24. The molecule has 0 aromatic carbocycles. The van der Waals surface area contributed by atoms with E-state index in [9.17, 15) is 0 Å². The standard InChI is InChI=1S/C18H24N6/c1-2-11-23(10-1)17-7-6-16(21-22-17)13-15-5-3-12-24(14-15)18-19-8-4-9-20-18/h4,6-9,15H,1-3,5,10-14H2/t15-/m1/s1. The molecule has 0 saturated carbocycles. The molecule has 2 fully saturated rings. The Morgan fingerprint density at radius 3 is 2.46 bits per heavy atom. The predicted molar refractivity (Wildman–Crippen MR) is 94.2 cm³/mol. The minimum Gasteiger partial charge on any atom is -0.355 e. The molecule has 2 aromatic rings. The van der Waals surface area contributed by atoms with Crippen LogP contribution in [0.5, 0.6) is 0 Å². The number of hydrogen-bond acceptors (Lipinski definition) is 6. The van der Waals surface area contributed by atoms with Gasteiger partial charge in [-0.05, 0) is 56.2 Å². The van der Waals surface area contributed by atoms with E-state index in [0.29, 0.717) is 5.92 Å². The van der Waals surface area contributed by atoms with Gasteiger partial charge >= 0.3 is 0 Å². The Balaban J connectivity index is 1.37. The van der Waals surface area contributed by atoms with Crippen molar-refractivity contribution in [1.82, 2.24) is 20.2 Å². The van der Waals surface area contributed by atoms with Gasteiger partial charge < -0.3 is 9.80 Å². The maximum Gasteiger partial charge on any atom is 0.225 e. The van der Waals surface area contributed by atoms with Gasteiger partial charge in [0.05, 0.1) is 5.69 Å². The normalized spacial score (nSPS) is 21.2. The van der Waals surface area contributed by atoms with E-state index < -0.39 is 0 Å². The summed E-state index contributed by atoms with van der Waals surface area (Å²) in [5, 5.41) is 8.91. The van der Waals surface area contributed by atoms with Gasteiger partial charge in [0.15, 0.2) is 5.82 Å². The lowest BCUT2D eigenvalue weighted by atomic mass is 9.93. The van der Waals surface area contributed by atoms with Crippen molar-refractivity contribution in [3.8, 4) is 0 Å². The van der Waals surface area contributed by atoms with E-state index in [-0.39, 0.29) is 0 Å². The van der Waals surface area contributed by atoms with E-state index in [1.165, 1.54) is 25.7 Å². The van der Waals surface area contributed by atoms with E-state index in [0.717, 1.165) is 50.1 Å². The van der Waals surface area contributed by atoms with E-state index in [4.69, 9.17) is 0 Å². The second-order valence-corrected chi connectivity index (χ2v) is 6.78. The number of piperidine rings is 1. The molecule has 126 valence electrons. The van der Waals surface area contributed by atoms with Crippen LogP contribution in [0.4, 0.5) is 11.8 Å². The summed E-state index contributed by atoms with van der Waals surface area (Å²) in [6, 6.07) is 6.15. The molecular weight excluding hydrogens is 300 g/mol. The lowest BCUT2D eigenvalue weighted by Crippen LogP contribution is -2.37. The molecule has 0 N–H and O–H groups in total. The van der Waals surface area contributed by atoms with Gasteiger partial charge in [0.2, 0.25) is 5.95 Å². The van der Waals surface area contributed by atoms with Crippen LogP contribution in [0, 0.1) is 5.92 Å². The van der Waals surface area contributed by atoms with Crippen molar-refractivity contribution in [2.45, 2.75) is 32.1 Å². The van der Waals surface area contributed by atoms with Gasteiger partial charge in [0, 0.05) is 38.6 Å². The molecule has 6 nitrogen and oxygen atoms in total. The zero-order valence-corrected chi connectivity index (χ0v) is 14.0. The third-order valence-electron chi connectivity index (χ3n) is 4.99. The number of anilines is 2. The van der Waals surface area contributed by atoms with Crippen molar-refractivity contribution < 1.29 is 0 Å². The van der Waals surface area contributed by atoms with Crippen LogP contribution < -0.4 is 9.80 Å². The fourth-order valence-corrected chi connectivity index (χ4v) is 3.74. The number of rotatable bonds is 4. The zero-order valence-electron chi connectivity index (χ0n) is 14.0. The molecule has 0 aliphatic carbocycles. The maximum atomic E-state index is 4.47. The smallest absolute Gasteiger partial charge is 0.225 e. The van der Waals surface area contributed by atoms with Gasteiger partial charge in [-0.15, -0.1) is 5.10 Å². The Morgan fingerprint density at radius 2 is 1.71 bits per heavy atom. The monoisotopic (exact) mass is 324 g/mol. The van der Waals surface area contributed by atoms with Crippen LogP contribution in [0.1, 0.15) is 31.4 Å². The highest BCUT2D eigenvalue weighted by molar-refractivity contribution is 5.38. The Labute approximate surface area is 142 Å². The fourth-order valence-electron chi connectivity index (χ4n) is 3.74. The first kappa shape index (κ1) is 15.3. The highest BCUT2D eigenvalue weighted by atomic mass is 15.3. The molecule has 1 atom stereocenters. The molecule has 2 aliphatic rings. The van der Waals surface area contributed by atoms with Crippen LogP contribution in [0.25, 0.3) is 0 Å². The lowest BCUT2D eigenvalue weighted by Gasteiger charge is -2.32. The highest BCUT2D eigenvalue weighted by Crippen LogP contribution is 2.23. The molecule has 0 amide bonds. The van der Waals surface area contributed by atoms with Gasteiger partial charge in [-0.2, -0.15) is 5.10 Å². The highest BCUT2D eigenvalue weighted by Gasteiger charge is 2.22. The predicted octanol–water partition coefficient (Wildman–Crippen LogP) is 2.33. The molecule has 4 heterocycles. The SMILES string of the molecule is c1cnc(N2CCC[C@H](Cc3ccc(N4CCCC4)nn3)C2)nc1. The first-order chi connectivity index (χ1) is 11.9. The van der Waals surface area contributed by atoms with Crippen LogP contribution in [-0.4, -0.2) is 46.3 Å². The zero-order chi connectivity index (χ0) is 16.2. The second-order valence-electron chi connectivity index (χ2n) is 6.78. The summed E-state index contributed by atoms with van der Waals surface area (Å²) in [6.45, 7) is 4.27. The number of aromatic nitrogens is 4. The summed E-state index contributed by atoms with van der Waals surface area (Å²) in [4.78, 5) is 13.4. The summed E-state index contributed by atoms with van der Waals surface area (Å²) >= 11 is 0. The molecule has 0 radical (unpaired) electrons. The Bertz CT molecular complexity index is 638. The van der Waals surface area contributed by atoms with E-state index in [1.807, 2.05) is 18.5 Å². The summed E-state index contributed by atoms with van der Waals surface area (Å²) in [5.41, 5.74) is 1.10. The van der Waals surface area contributed by atoms with Crippen molar-refractivity contribution in [2.75, 3.05) is 36.0 Å². The third kappa shape index (κ3) is 3.47. The van der Waals surface area contributed by atoms with Crippen LogP contribution in [0.2, 0.25) is 0 Å². The maximum absolute atomic E-state index is 4.47. The molecule has 24 heavy (non-hydrogen) atoms. The van der Waals surface area contributed by atoms with Crippen LogP contribution >= 0.6 is 0 Å². The molecule has 0 bridgehead atoms. The number of hydrogen-bond donors (Lipinski definition) is 0. The molecule has 2 saturated heterocycles. The van der Waals surface area contributed by atoms with Gasteiger partial charge in [0.25, 0.3) is 0 Å². The van der Waals surface area contributed by atoms with Crippen molar-refractivity contribution in [2.24, 2.45) is 5.92 Å². The molecule has 2 aliphatic heterocycles. The van der Waals surface area contributed by atoms with Crippen LogP contribution in [0.15, 0.2) is 30.6 Å². The molecule has 2 aromatic heterocycles. The minimum absolute atomic E-state index is 0.592. The molecule has 0 spiro atoms. The Kier molecular flexibility index (Phi) is 4.53. The van der Waals surface area contributed by atoms with E-state index in [2.05, 4.69) is 42.1 Å². The lowest BCUT2D eigenvalue weighted by molar-refractivity contribution is 0.405. The first-order valence-corrected chi connectivity index (χ1v) is 8.98. The van der Waals surface area contributed by atoms with Crippen molar-refractivity contribution in [3.05, 3.63) is 36.3 Å². The van der Waals surface area contributed by atoms with Gasteiger partial charge in [0.1, 0.15) is 0 Å². The summed E-state index contributed by atoms with van der Waals surface area (Å²) < 4.78 is 0. The Morgan fingerprint density at radius 1 is 0.917 bits per heavy atom. The minimum atomic E-state index is 0.592. The van der Waals surface area contributed by atoms with Gasteiger partial charge in [-0.1, -0.05) is 0 Å². The molecule has 6 heteroatoms. The van der Waals surface area contributed by atoms with Crippen LogP contribution in [-0.2, 0) is 6.42 Å². The fraction of sp³-hybridized carbons (Fsp3) is 0.556. The van der Waals surface area contributed by atoms with Crippen molar-refractivity contribution in [3.63, 3.8) is 0 Å². The molecule has 0 unspecified atom stereocenters. The van der Waals surface area contributed by atoms with Gasteiger partial charge in [-0.3, -0.25) is 0 Å². The van der Waals surface area contributed by atoms with E-state index in [1.54, 1.807) is 0 Å². The molecular formula is C18H24N6.